The minimum Gasteiger partial charge on any atom is -0.492 e. The smallest absolute Gasteiger partial charge is 0.223 e. The topological polar surface area (TPSA) is 48.6 Å². The van der Waals surface area contributed by atoms with Crippen LogP contribution in [0.4, 0.5) is 10.1 Å². The van der Waals surface area contributed by atoms with Gasteiger partial charge < -0.3 is 19.5 Å². The Morgan fingerprint density at radius 3 is 2.46 bits per heavy atom. The van der Waals surface area contributed by atoms with Crippen molar-refractivity contribution in [2.24, 2.45) is 0 Å². The summed E-state index contributed by atoms with van der Waals surface area (Å²) >= 11 is 0. The van der Waals surface area contributed by atoms with Gasteiger partial charge in [0.2, 0.25) is 5.91 Å². The lowest BCUT2D eigenvalue weighted by molar-refractivity contribution is -0.131. The largest absolute Gasteiger partial charge is 0.492 e. The van der Waals surface area contributed by atoms with Crippen molar-refractivity contribution >= 4 is 22.5 Å². The Bertz CT molecular complexity index is 1360. The summed E-state index contributed by atoms with van der Waals surface area (Å²) in [6.45, 7) is 7.57. The molecule has 1 atom stereocenters. The van der Waals surface area contributed by atoms with Gasteiger partial charge in [-0.05, 0) is 54.3 Å². The Balaban J connectivity index is 1.36. The molecule has 192 valence electrons. The molecule has 0 spiro atoms. The zero-order chi connectivity index (χ0) is 25.8. The number of carbonyl (C=O) groups excluding carboxylic acids is 1. The molecule has 5 nitrogen and oxygen atoms in total. The Morgan fingerprint density at radius 1 is 0.973 bits per heavy atom. The van der Waals surface area contributed by atoms with E-state index in [4.69, 9.17) is 4.74 Å². The predicted octanol–water partition coefficient (Wildman–Crippen LogP) is 6.14. The number of aromatic amines is 1. The predicted molar refractivity (Wildman–Crippen MR) is 147 cm³/mol. The molecule has 0 bridgehead atoms. The molecule has 2 heterocycles. The summed E-state index contributed by atoms with van der Waals surface area (Å²) in [6.07, 6.45) is 3.28. The van der Waals surface area contributed by atoms with Crippen LogP contribution in [0.25, 0.3) is 10.9 Å². The summed E-state index contributed by atoms with van der Waals surface area (Å²) in [5, 5.41) is 1.12. The fourth-order valence-electron chi connectivity index (χ4n) is 5.42. The number of anilines is 1. The van der Waals surface area contributed by atoms with E-state index in [1.807, 2.05) is 36.2 Å². The number of aromatic nitrogens is 1. The van der Waals surface area contributed by atoms with E-state index >= 15 is 0 Å². The third kappa shape index (κ3) is 5.19. The number of H-pyrrole nitrogens is 1. The van der Waals surface area contributed by atoms with Gasteiger partial charge in [0.05, 0.1) is 12.3 Å². The fourth-order valence-corrected chi connectivity index (χ4v) is 5.42. The number of para-hydroxylation sites is 3. The molecule has 1 aliphatic heterocycles. The van der Waals surface area contributed by atoms with Crippen LogP contribution in [0, 0.1) is 5.82 Å². The second-order valence-electron chi connectivity index (χ2n) is 9.51. The van der Waals surface area contributed by atoms with Gasteiger partial charge in [0.25, 0.3) is 0 Å². The summed E-state index contributed by atoms with van der Waals surface area (Å²) in [5.74, 6) is 0.565. The maximum Gasteiger partial charge on any atom is 0.223 e. The number of hydrogen-bond acceptors (Lipinski definition) is 3. The minimum absolute atomic E-state index is 0.119. The molecule has 1 unspecified atom stereocenters. The maximum atomic E-state index is 13.8. The van der Waals surface area contributed by atoms with Crippen molar-refractivity contribution in [2.75, 3.05) is 37.7 Å². The maximum absolute atomic E-state index is 13.8. The van der Waals surface area contributed by atoms with Crippen molar-refractivity contribution in [1.29, 1.82) is 0 Å². The van der Waals surface area contributed by atoms with Gasteiger partial charge in [0.1, 0.15) is 11.6 Å². The highest BCUT2D eigenvalue weighted by atomic mass is 19.1. The number of carbonyl (C=O) groups is 1. The van der Waals surface area contributed by atoms with Gasteiger partial charge in [0, 0.05) is 55.6 Å². The number of piperazine rings is 1. The molecule has 3 aromatic carbocycles. The first kappa shape index (κ1) is 24.9. The first-order valence-corrected chi connectivity index (χ1v) is 13.2. The molecule has 0 radical (unpaired) electrons. The highest BCUT2D eigenvalue weighted by Gasteiger charge is 2.27. The monoisotopic (exact) mass is 499 g/mol. The van der Waals surface area contributed by atoms with E-state index < -0.39 is 0 Å². The minimum atomic E-state index is -0.274. The molecule has 1 saturated heterocycles. The Hall–Kier alpha value is -3.80. The highest BCUT2D eigenvalue weighted by Crippen LogP contribution is 2.35. The van der Waals surface area contributed by atoms with Crippen molar-refractivity contribution in [1.82, 2.24) is 9.88 Å². The number of aryl methyl sites for hydroxylation is 1. The van der Waals surface area contributed by atoms with Crippen LogP contribution in [0.5, 0.6) is 5.75 Å². The van der Waals surface area contributed by atoms with Gasteiger partial charge in [-0.2, -0.15) is 0 Å². The van der Waals surface area contributed by atoms with Crippen LogP contribution in [-0.2, 0) is 11.2 Å². The second kappa shape index (κ2) is 11.1. The Morgan fingerprint density at radius 2 is 1.73 bits per heavy atom. The lowest BCUT2D eigenvalue weighted by Crippen LogP contribution is -2.49. The standard InChI is InChI=1S/C31H34FN3O2/c1-3-22-8-7-9-25-27(21-33-31(22)25)26(23-12-14-24(32)15-13-23)20-30(36)35-18-16-34(17-19-35)28-10-5-6-11-29(28)37-4-2/h5-15,21,26,33H,3-4,16-20H2,1-2H3. The zero-order valence-corrected chi connectivity index (χ0v) is 21.5. The van der Waals surface area contributed by atoms with Crippen LogP contribution in [0.2, 0.25) is 0 Å². The number of nitrogens with one attached hydrogen (secondary N) is 1. The van der Waals surface area contributed by atoms with E-state index in [1.54, 1.807) is 12.1 Å². The highest BCUT2D eigenvalue weighted by molar-refractivity contribution is 5.88. The normalized spacial score (nSPS) is 14.7. The average molecular weight is 500 g/mol. The van der Waals surface area contributed by atoms with Gasteiger partial charge in [-0.25, -0.2) is 4.39 Å². The SMILES string of the molecule is CCOc1ccccc1N1CCN(C(=O)CC(c2ccc(F)cc2)c2c[nH]c3c(CC)cccc23)CC1. The average Bonchev–Trinajstić information content (AvgIpc) is 3.37. The van der Waals surface area contributed by atoms with Gasteiger partial charge in [-0.3, -0.25) is 4.79 Å². The van der Waals surface area contributed by atoms with E-state index in [-0.39, 0.29) is 17.6 Å². The van der Waals surface area contributed by atoms with Crippen LogP contribution in [0.3, 0.4) is 0 Å². The number of halogens is 1. The van der Waals surface area contributed by atoms with Crippen LogP contribution in [0.1, 0.15) is 42.9 Å². The number of nitrogens with zero attached hydrogens (tertiary/aromatic N) is 2. The van der Waals surface area contributed by atoms with Gasteiger partial charge in [0.15, 0.2) is 0 Å². The Kier molecular flexibility index (Phi) is 7.45. The number of amides is 1. The van der Waals surface area contributed by atoms with Crippen LogP contribution < -0.4 is 9.64 Å². The molecule has 1 amide bonds. The summed E-state index contributed by atoms with van der Waals surface area (Å²) < 4.78 is 19.6. The van der Waals surface area contributed by atoms with Crippen molar-refractivity contribution in [3.8, 4) is 5.75 Å². The molecule has 0 aliphatic carbocycles. The van der Waals surface area contributed by atoms with Crippen molar-refractivity contribution in [3.63, 3.8) is 0 Å². The number of rotatable bonds is 8. The lowest BCUT2D eigenvalue weighted by atomic mass is 9.87. The number of fused-ring (bicyclic) bond motifs is 1. The molecule has 1 fully saturated rings. The van der Waals surface area contributed by atoms with E-state index in [0.29, 0.717) is 26.1 Å². The molecule has 5 rings (SSSR count). The molecular weight excluding hydrogens is 465 g/mol. The van der Waals surface area contributed by atoms with E-state index in [9.17, 15) is 9.18 Å². The zero-order valence-electron chi connectivity index (χ0n) is 21.5. The summed E-state index contributed by atoms with van der Waals surface area (Å²) in [4.78, 5) is 21.3. The second-order valence-corrected chi connectivity index (χ2v) is 9.51. The van der Waals surface area contributed by atoms with Crippen molar-refractivity contribution < 1.29 is 13.9 Å². The molecule has 6 heteroatoms. The van der Waals surface area contributed by atoms with Crippen LogP contribution in [-0.4, -0.2) is 48.6 Å². The van der Waals surface area contributed by atoms with Crippen molar-refractivity contribution in [2.45, 2.75) is 32.6 Å². The first-order valence-electron chi connectivity index (χ1n) is 13.2. The molecule has 0 saturated carbocycles. The van der Waals surface area contributed by atoms with Crippen molar-refractivity contribution in [3.05, 3.63) is 95.4 Å². The summed E-state index contributed by atoms with van der Waals surface area (Å²) in [7, 11) is 0. The van der Waals surface area contributed by atoms with Gasteiger partial charge >= 0.3 is 0 Å². The molecular formula is C31H34FN3O2. The molecule has 1 aromatic heterocycles. The van der Waals surface area contributed by atoms with E-state index in [0.717, 1.165) is 53.0 Å². The summed E-state index contributed by atoms with van der Waals surface area (Å²) in [6, 6.07) is 21.0. The van der Waals surface area contributed by atoms with E-state index in [1.165, 1.54) is 17.7 Å². The van der Waals surface area contributed by atoms with E-state index in [2.05, 4.69) is 41.1 Å². The molecule has 1 N–H and O–H groups in total. The quantitative estimate of drug-likeness (QED) is 0.317. The fraction of sp³-hybridized carbons (Fsp3) is 0.323. The first-order chi connectivity index (χ1) is 18.1. The lowest BCUT2D eigenvalue weighted by Gasteiger charge is -2.37. The summed E-state index contributed by atoms with van der Waals surface area (Å²) in [5.41, 5.74) is 5.46. The molecule has 37 heavy (non-hydrogen) atoms. The third-order valence-electron chi connectivity index (χ3n) is 7.38. The number of benzene rings is 3. The number of hydrogen-bond donors (Lipinski definition) is 1. The van der Waals surface area contributed by atoms with Gasteiger partial charge in [-0.15, -0.1) is 0 Å². The number of ether oxygens (including phenoxy) is 1. The molecule has 4 aromatic rings. The Labute approximate surface area is 217 Å². The third-order valence-corrected chi connectivity index (χ3v) is 7.38. The van der Waals surface area contributed by atoms with Gasteiger partial charge in [-0.1, -0.05) is 49.4 Å². The van der Waals surface area contributed by atoms with Crippen LogP contribution >= 0.6 is 0 Å². The molecule has 1 aliphatic rings. The van der Waals surface area contributed by atoms with Crippen LogP contribution in [0.15, 0.2) is 72.9 Å².